The second-order valence-corrected chi connectivity index (χ2v) is 13.0. The second kappa shape index (κ2) is 13.1. The molecule has 4 aliphatic rings. The lowest BCUT2D eigenvalue weighted by atomic mass is 9.71. The molecule has 11 nitrogen and oxygen atoms in total. The number of piperidine rings is 1. The van der Waals surface area contributed by atoms with Gasteiger partial charge < -0.3 is 34.4 Å². The molecule has 2 unspecified atom stereocenters. The number of likely N-dealkylation sites (tertiary alicyclic amines) is 1. The summed E-state index contributed by atoms with van der Waals surface area (Å²) in [4.78, 5) is 60.2. The van der Waals surface area contributed by atoms with Crippen LogP contribution in [0.15, 0.2) is 48.5 Å². The van der Waals surface area contributed by atoms with E-state index in [2.05, 4.69) is 50.3 Å². The number of carbonyl (C=O) groups is 4. The Labute approximate surface area is 265 Å². The zero-order valence-electron chi connectivity index (χ0n) is 26.3. The molecule has 45 heavy (non-hydrogen) atoms. The highest BCUT2D eigenvalue weighted by Crippen LogP contribution is 2.42. The molecule has 240 valence electrons. The van der Waals surface area contributed by atoms with Crippen molar-refractivity contribution in [3.63, 3.8) is 0 Å². The minimum absolute atomic E-state index is 0.0483. The predicted octanol–water partition coefficient (Wildman–Crippen LogP) is 1.86. The Morgan fingerprint density at radius 2 is 1.82 bits per heavy atom. The minimum Gasteiger partial charge on any atom is -0.489 e. The van der Waals surface area contributed by atoms with Gasteiger partial charge in [-0.25, -0.2) is 0 Å². The van der Waals surface area contributed by atoms with Crippen LogP contribution < -0.4 is 19.9 Å². The molecule has 1 N–H and O–H groups in total. The highest BCUT2D eigenvalue weighted by atomic mass is 16.5. The van der Waals surface area contributed by atoms with E-state index in [0.717, 1.165) is 44.7 Å². The molecule has 11 heteroatoms. The lowest BCUT2D eigenvalue weighted by Crippen LogP contribution is -2.62. The average molecular weight is 617 g/mol. The summed E-state index contributed by atoms with van der Waals surface area (Å²) in [6, 6.07) is 15.3. The lowest BCUT2D eigenvalue weighted by molar-refractivity contribution is -0.134. The normalized spacial score (nSPS) is 21.1. The molecule has 2 atom stereocenters. The number of carbonyl (C=O) groups excluding carboxylic acids is 4. The van der Waals surface area contributed by atoms with Crippen LogP contribution in [-0.2, 0) is 14.4 Å². The van der Waals surface area contributed by atoms with E-state index in [9.17, 15) is 19.2 Å². The Morgan fingerprint density at radius 3 is 2.53 bits per heavy atom. The molecule has 6 rings (SSSR count). The lowest BCUT2D eigenvalue weighted by Gasteiger charge is -2.55. The van der Waals surface area contributed by atoms with Gasteiger partial charge in [0.05, 0.1) is 24.3 Å². The van der Waals surface area contributed by atoms with Gasteiger partial charge in [-0.05, 0) is 62.7 Å². The Hall–Kier alpha value is -4.12. The third-order valence-electron chi connectivity index (χ3n) is 10.2. The number of nitrogens with zero attached hydrogens (tertiary/aromatic N) is 5. The zero-order valence-corrected chi connectivity index (χ0v) is 26.3. The largest absolute Gasteiger partial charge is 0.489 e. The van der Waals surface area contributed by atoms with Gasteiger partial charge in [0.2, 0.25) is 11.8 Å². The van der Waals surface area contributed by atoms with Crippen LogP contribution in [0.1, 0.15) is 36.0 Å². The summed E-state index contributed by atoms with van der Waals surface area (Å²) in [7, 11) is 3.12. The van der Waals surface area contributed by atoms with E-state index in [1.54, 1.807) is 26.2 Å². The Morgan fingerprint density at radius 1 is 1.07 bits per heavy atom. The average Bonchev–Trinajstić information content (AvgIpc) is 3.07. The number of para-hydroxylation sites is 1. The van der Waals surface area contributed by atoms with Gasteiger partial charge in [-0.15, -0.1) is 0 Å². The van der Waals surface area contributed by atoms with Crippen molar-refractivity contribution in [2.75, 3.05) is 82.9 Å². The van der Waals surface area contributed by atoms with Gasteiger partial charge in [-0.1, -0.05) is 18.2 Å². The number of aldehydes is 1. The number of benzene rings is 2. The van der Waals surface area contributed by atoms with Gasteiger partial charge in [0.1, 0.15) is 18.6 Å². The number of piperazine rings is 1. The van der Waals surface area contributed by atoms with Crippen LogP contribution in [0.4, 0.5) is 11.4 Å². The molecule has 0 saturated carbocycles. The van der Waals surface area contributed by atoms with Gasteiger partial charge >= 0.3 is 0 Å². The van der Waals surface area contributed by atoms with Crippen LogP contribution in [0.25, 0.3) is 0 Å². The van der Waals surface area contributed by atoms with Gasteiger partial charge in [0.15, 0.2) is 0 Å². The van der Waals surface area contributed by atoms with E-state index in [0.29, 0.717) is 55.8 Å². The summed E-state index contributed by atoms with van der Waals surface area (Å²) in [5, 5.41) is 2.54. The van der Waals surface area contributed by atoms with Crippen molar-refractivity contribution in [3.8, 4) is 5.75 Å². The number of amides is 3. The summed E-state index contributed by atoms with van der Waals surface area (Å²) in [5.74, 6) is 0.330. The first kappa shape index (κ1) is 30.9. The van der Waals surface area contributed by atoms with Gasteiger partial charge in [0.25, 0.3) is 5.91 Å². The van der Waals surface area contributed by atoms with E-state index >= 15 is 0 Å². The van der Waals surface area contributed by atoms with E-state index in [1.165, 1.54) is 10.6 Å². The van der Waals surface area contributed by atoms with E-state index in [4.69, 9.17) is 4.74 Å². The van der Waals surface area contributed by atoms with E-state index in [-0.39, 0.29) is 36.6 Å². The molecule has 3 amide bonds. The summed E-state index contributed by atoms with van der Waals surface area (Å²) < 4.78 is 6.12. The summed E-state index contributed by atoms with van der Waals surface area (Å²) in [6.07, 6.45) is 3.39. The monoisotopic (exact) mass is 616 g/mol. The molecular weight excluding hydrogens is 572 g/mol. The number of hydrogen-bond acceptors (Lipinski definition) is 8. The van der Waals surface area contributed by atoms with Crippen molar-refractivity contribution in [1.82, 2.24) is 20.0 Å². The van der Waals surface area contributed by atoms with Crippen molar-refractivity contribution in [1.29, 1.82) is 0 Å². The molecule has 3 fully saturated rings. The Kier molecular flexibility index (Phi) is 8.98. The number of anilines is 2. The fourth-order valence-electron chi connectivity index (χ4n) is 7.22. The number of hydrogen-bond donors (Lipinski definition) is 1. The molecule has 1 spiro atoms. The van der Waals surface area contributed by atoms with Crippen LogP contribution in [0, 0.1) is 5.41 Å². The van der Waals surface area contributed by atoms with E-state index in [1.807, 2.05) is 11.0 Å². The maximum atomic E-state index is 13.4. The Bertz CT molecular complexity index is 1400. The SMILES string of the molecule is CNC(=O)CCC(C=O)N(C)C(=O)c1ccc2c(c1)OCC1CN(C(=O)CN3CCC4(CC3)CN(c3ccccc3)C4)CCN21. The third kappa shape index (κ3) is 6.49. The molecule has 2 aromatic rings. The molecule has 0 aliphatic carbocycles. The van der Waals surface area contributed by atoms with Crippen molar-refractivity contribution < 1.29 is 23.9 Å². The summed E-state index contributed by atoms with van der Waals surface area (Å²) >= 11 is 0. The van der Waals surface area contributed by atoms with Crippen LogP contribution in [0.3, 0.4) is 0 Å². The zero-order chi connectivity index (χ0) is 31.6. The van der Waals surface area contributed by atoms with Gasteiger partial charge in [-0.3, -0.25) is 19.3 Å². The standard InChI is InChI=1S/C34H44N6O5/c1-35-31(42)11-9-27(21-41)36(2)33(44)25-8-10-29-30(18-25)45-22-28-19-38(16-17-40(28)29)32(43)20-37-14-12-34(13-15-37)23-39(24-34)26-6-4-3-5-7-26/h3-8,10,18,21,27-28H,9,11-17,19-20,22-24H2,1-2H3,(H,35,42). The first-order valence-corrected chi connectivity index (χ1v) is 16.1. The topological polar surface area (TPSA) is 106 Å². The van der Waals surface area contributed by atoms with Crippen LogP contribution >= 0.6 is 0 Å². The van der Waals surface area contributed by atoms with E-state index < -0.39 is 6.04 Å². The van der Waals surface area contributed by atoms with Crippen molar-refractivity contribution in [2.24, 2.45) is 5.41 Å². The first-order chi connectivity index (χ1) is 21.8. The summed E-state index contributed by atoms with van der Waals surface area (Å²) in [6.45, 7) is 6.99. The quantitative estimate of drug-likeness (QED) is 0.426. The fraction of sp³-hybridized carbons (Fsp3) is 0.529. The van der Waals surface area contributed by atoms with Crippen LogP contribution in [0.2, 0.25) is 0 Å². The molecule has 0 bridgehead atoms. The molecular formula is C34H44N6O5. The van der Waals surface area contributed by atoms with Crippen LogP contribution in [-0.4, -0.2) is 124 Å². The van der Waals surface area contributed by atoms with Crippen molar-refractivity contribution >= 4 is 35.4 Å². The Balaban J connectivity index is 0.987. The first-order valence-electron chi connectivity index (χ1n) is 16.1. The highest BCUT2D eigenvalue weighted by Gasteiger charge is 2.45. The predicted molar refractivity (Wildman–Crippen MR) is 172 cm³/mol. The molecule has 2 aromatic carbocycles. The molecule has 3 saturated heterocycles. The number of nitrogens with one attached hydrogen (secondary N) is 1. The van der Waals surface area contributed by atoms with Crippen molar-refractivity contribution in [2.45, 2.75) is 37.8 Å². The van der Waals surface area contributed by atoms with Crippen molar-refractivity contribution in [3.05, 3.63) is 54.1 Å². The maximum Gasteiger partial charge on any atom is 0.254 e. The molecule has 0 aromatic heterocycles. The number of fused-ring (bicyclic) bond motifs is 3. The minimum atomic E-state index is -0.698. The molecule has 4 heterocycles. The summed E-state index contributed by atoms with van der Waals surface area (Å²) in [5.41, 5.74) is 3.02. The van der Waals surface area contributed by atoms with Gasteiger partial charge in [0, 0.05) is 69.9 Å². The third-order valence-corrected chi connectivity index (χ3v) is 10.2. The molecule has 4 aliphatic heterocycles. The maximum absolute atomic E-state index is 13.4. The highest BCUT2D eigenvalue weighted by molar-refractivity contribution is 5.96. The number of likely N-dealkylation sites (N-methyl/N-ethyl adjacent to an activating group) is 1. The number of rotatable bonds is 9. The molecule has 0 radical (unpaired) electrons. The second-order valence-electron chi connectivity index (χ2n) is 13.0. The van der Waals surface area contributed by atoms with Crippen LogP contribution in [0.5, 0.6) is 5.75 Å². The number of ether oxygens (including phenoxy) is 1. The fourth-order valence-corrected chi connectivity index (χ4v) is 7.22. The van der Waals surface area contributed by atoms with Gasteiger partial charge in [-0.2, -0.15) is 0 Å². The smallest absolute Gasteiger partial charge is 0.254 e.